The number of ether oxygens (including phenoxy) is 1. The van der Waals surface area contributed by atoms with Crippen LogP contribution in [-0.4, -0.2) is 53.9 Å². The Labute approximate surface area is 174 Å². The van der Waals surface area contributed by atoms with Crippen molar-refractivity contribution in [3.8, 4) is 0 Å². The molecule has 2 unspecified atom stereocenters. The highest BCUT2D eigenvalue weighted by Gasteiger charge is 2.51. The van der Waals surface area contributed by atoms with E-state index >= 15 is 0 Å². The molecule has 8 heteroatoms. The van der Waals surface area contributed by atoms with E-state index in [0.717, 1.165) is 11.3 Å². The molecule has 0 bridgehead atoms. The van der Waals surface area contributed by atoms with Gasteiger partial charge < -0.3 is 14.3 Å². The molecule has 1 aliphatic rings. The van der Waals surface area contributed by atoms with Crippen LogP contribution in [-0.2, 0) is 15.6 Å². The van der Waals surface area contributed by atoms with Gasteiger partial charge in [0, 0.05) is 5.69 Å². The molecule has 1 N–H and O–H groups in total. The quantitative estimate of drug-likeness (QED) is 0.522. The lowest BCUT2D eigenvalue weighted by molar-refractivity contribution is -0.0757. The molecule has 0 radical (unpaired) electrons. The predicted molar refractivity (Wildman–Crippen MR) is 113 cm³/mol. The van der Waals surface area contributed by atoms with Gasteiger partial charge in [-0.05, 0) is 63.0 Å². The van der Waals surface area contributed by atoms with E-state index in [1.807, 2.05) is 13.0 Å². The Morgan fingerprint density at radius 1 is 1.39 bits per heavy atom. The Bertz CT molecular complexity index is 713. The molecular formula is C20H33ClN2O4Si. The summed E-state index contributed by atoms with van der Waals surface area (Å²) < 4.78 is 12.5. The molecule has 2 atom stereocenters. The van der Waals surface area contributed by atoms with E-state index < -0.39 is 20.1 Å². The lowest BCUT2D eigenvalue weighted by Crippen LogP contribution is -2.49. The maximum absolute atomic E-state index is 12.0. The molecule has 2 rings (SSSR count). The van der Waals surface area contributed by atoms with Crippen LogP contribution in [0, 0.1) is 6.92 Å². The highest BCUT2D eigenvalue weighted by Crippen LogP contribution is 2.39. The smallest absolute Gasteiger partial charge is 0.409 e. The number of aromatic nitrogens is 1. The van der Waals surface area contributed by atoms with Gasteiger partial charge in [0.25, 0.3) is 0 Å². The molecule has 1 aromatic rings. The second-order valence-corrected chi connectivity index (χ2v) is 14.7. The standard InChI is InChI=1S/C20H33ClN2O4Si/c1-13-9-14(11-17(21)22-13)10-15-16(12-26-28(7,8)19(2,3)4)27-20(5,6)23(15)18(24)25/h9,11,15-16H,10,12H2,1-8H3,(H,24,25). The SMILES string of the molecule is Cc1cc(CC2C(CO[Si](C)(C)C(C)(C)C)OC(C)(C)N2C(=O)O)cc(Cl)n1. The zero-order valence-corrected chi connectivity index (χ0v) is 19.9. The van der Waals surface area contributed by atoms with Crippen LogP contribution in [0.4, 0.5) is 4.79 Å². The molecule has 1 amide bonds. The van der Waals surface area contributed by atoms with Gasteiger partial charge in [0.05, 0.1) is 12.6 Å². The molecule has 1 aliphatic heterocycles. The molecule has 0 aliphatic carbocycles. The molecule has 158 valence electrons. The van der Waals surface area contributed by atoms with E-state index in [1.54, 1.807) is 19.9 Å². The number of nitrogens with zero attached hydrogens (tertiary/aromatic N) is 2. The summed E-state index contributed by atoms with van der Waals surface area (Å²) in [7, 11) is -1.98. The summed E-state index contributed by atoms with van der Waals surface area (Å²) in [6, 6.07) is 3.35. The van der Waals surface area contributed by atoms with Crippen LogP contribution in [0.25, 0.3) is 0 Å². The summed E-state index contributed by atoms with van der Waals surface area (Å²) in [5, 5.41) is 10.3. The summed E-state index contributed by atoms with van der Waals surface area (Å²) in [6.07, 6.45) is -0.862. The van der Waals surface area contributed by atoms with Gasteiger partial charge in [-0.2, -0.15) is 0 Å². The topological polar surface area (TPSA) is 71.9 Å². The van der Waals surface area contributed by atoms with Crippen molar-refractivity contribution in [1.29, 1.82) is 0 Å². The van der Waals surface area contributed by atoms with Crippen molar-refractivity contribution in [2.24, 2.45) is 0 Å². The number of amides is 1. The van der Waals surface area contributed by atoms with E-state index in [0.29, 0.717) is 18.2 Å². The Balaban J connectivity index is 2.30. The number of carbonyl (C=O) groups is 1. The van der Waals surface area contributed by atoms with Crippen LogP contribution in [0.5, 0.6) is 0 Å². The monoisotopic (exact) mass is 428 g/mol. The van der Waals surface area contributed by atoms with Gasteiger partial charge in [-0.3, -0.25) is 4.90 Å². The van der Waals surface area contributed by atoms with Crippen LogP contribution < -0.4 is 0 Å². The Morgan fingerprint density at radius 3 is 2.50 bits per heavy atom. The lowest BCUT2D eigenvalue weighted by Gasteiger charge is -2.37. The van der Waals surface area contributed by atoms with Crippen LogP contribution in [0.1, 0.15) is 45.9 Å². The zero-order valence-electron chi connectivity index (χ0n) is 18.2. The first-order valence-corrected chi connectivity index (χ1v) is 12.9. The van der Waals surface area contributed by atoms with Crippen molar-refractivity contribution in [3.05, 3.63) is 28.5 Å². The van der Waals surface area contributed by atoms with E-state index in [1.165, 1.54) is 4.90 Å². The normalized spacial score (nSPS) is 22.5. The molecule has 0 spiro atoms. The van der Waals surface area contributed by atoms with Gasteiger partial charge in [-0.15, -0.1) is 0 Å². The molecule has 6 nitrogen and oxygen atoms in total. The fourth-order valence-corrected chi connectivity index (χ4v) is 4.66. The third kappa shape index (κ3) is 5.06. The van der Waals surface area contributed by atoms with Gasteiger partial charge in [-0.1, -0.05) is 32.4 Å². The first kappa shape index (κ1) is 23.1. The van der Waals surface area contributed by atoms with E-state index in [9.17, 15) is 9.90 Å². The fourth-order valence-electron chi connectivity index (χ4n) is 3.37. The molecule has 0 aromatic carbocycles. The van der Waals surface area contributed by atoms with Crippen molar-refractivity contribution in [2.75, 3.05) is 6.61 Å². The van der Waals surface area contributed by atoms with Crippen molar-refractivity contribution >= 4 is 26.0 Å². The van der Waals surface area contributed by atoms with Gasteiger partial charge in [-0.25, -0.2) is 9.78 Å². The predicted octanol–water partition coefficient (Wildman–Crippen LogP) is 5.09. The molecular weight excluding hydrogens is 396 g/mol. The average molecular weight is 429 g/mol. The summed E-state index contributed by atoms with van der Waals surface area (Å²) in [5.41, 5.74) is 0.813. The van der Waals surface area contributed by atoms with Gasteiger partial charge >= 0.3 is 6.09 Å². The lowest BCUT2D eigenvalue weighted by atomic mass is 10.0. The van der Waals surface area contributed by atoms with Gasteiger partial charge in [0.2, 0.25) is 0 Å². The maximum Gasteiger partial charge on any atom is 0.409 e. The van der Waals surface area contributed by atoms with Crippen LogP contribution >= 0.6 is 11.6 Å². The number of hydrogen-bond donors (Lipinski definition) is 1. The molecule has 0 saturated carbocycles. The second kappa shape index (κ2) is 7.93. The molecule has 28 heavy (non-hydrogen) atoms. The molecule has 1 saturated heterocycles. The molecule has 1 fully saturated rings. The highest BCUT2D eigenvalue weighted by atomic mass is 35.5. The summed E-state index contributed by atoms with van der Waals surface area (Å²) >= 11 is 6.11. The van der Waals surface area contributed by atoms with Crippen LogP contribution in [0.15, 0.2) is 12.1 Å². The van der Waals surface area contributed by atoms with Crippen LogP contribution in [0.3, 0.4) is 0 Å². The third-order valence-electron chi connectivity index (χ3n) is 5.83. The summed E-state index contributed by atoms with van der Waals surface area (Å²) in [6.45, 7) is 16.7. The van der Waals surface area contributed by atoms with E-state index in [4.69, 9.17) is 20.8 Å². The van der Waals surface area contributed by atoms with E-state index in [2.05, 4.69) is 38.8 Å². The highest BCUT2D eigenvalue weighted by molar-refractivity contribution is 6.74. The maximum atomic E-state index is 12.0. The number of aryl methyl sites for hydroxylation is 1. The van der Waals surface area contributed by atoms with Gasteiger partial charge in [0.1, 0.15) is 17.0 Å². The first-order chi connectivity index (χ1) is 12.6. The minimum Gasteiger partial charge on any atom is -0.465 e. The van der Waals surface area contributed by atoms with Crippen molar-refractivity contribution < 1.29 is 19.1 Å². The Morgan fingerprint density at radius 2 is 2.00 bits per heavy atom. The second-order valence-electron chi connectivity index (χ2n) is 9.54. The number of rotatable bonds is 5. The minimum absolute atomic E-state index is 0.0683. The summed E-state index contributed by atoms with van der Waals surface area (Å²) in [4.78, 5) is 17.6. The largest absolute Gasteiger partial charge is 0.465 e. The third-order valence-corrected chi connectivity index (χ3v) is 10.5. The molecule has 1 aromatic heterocycles. The van der Waals surface area contributed by atoms with E-state index in [-0.39, 0.29) is 17.2 Å². The van der Waals surface area contributed by atoms with Gasteiger partial charge in [0.15, 0.2) is 8.32 Å². The zero-order chi connectivity index (χ0) is 21.5. The number of hydrogen-bond acceptors (Lipinski definition) is 4. The first-order valence-electron chi connectivity index (χ1n) is 9.61. The number of pyridine rings is 1. The summed E-state index contributed by atoms with van der Waals surface area (Å²) in [5.74, 6) is 0. The Kier molecular flexibility index (Phi) is 6.55. The Hall–Kier alpha value is -1.15. The average Bonchev–Trinajstić information content (AvgIpc) is 2.73. The number of halogens is 1. The van der Waals surface area contributed by atoms with Crippen LogP contribution in [0.2, 0.25) is 23.3 Å². The number of carboxylic acid groups (broad SMARTS) is 1. The van der Waals surface area contributed by atoms with Crippen molar-refractivity contribution in [3.63, 3.8) is 0 Å². The molecule has 2 heterocycles. The minimum atomic E-state index is -1.98. The van der Waals surface area contributed by atoms with Crippen molar-refractivity contribution in [1.82, 2.24) is 9.88 Å². The fraction of sp³-hybridized carbons (Fsp3) is 0.700. The van der Waals surface area contributed by atoms with Crippen molar-refractivity contribution in [2.45, 2.75) is 84.0 Å².